The number of nitrogens with one attached hydrogen (secondary N) is 2. The van der Waals surface area contributed by atoms with Crippen LogP contribution in [0.5, 0.6) is 23.0 Å². The number of nitrogens with zero attached hydrogens (tertiary/aromatic N) is 1. The molecule has 0 aliphatic rings. The van der Waals surface area contributed by atoms with E-state index in [1.165, 1.54) is 19.4 Å². The number of carbonyl (C=O) groups excluding carboxylic acids is 2. The summed E-state index contributed by atoms with van der Waals surface area (Å²) in [6.07, 6.45) is 1.34. The van der Waals surface area contributed by atoms with E-state index in [2.05, 4.69) is 15.6 Å². The predicted octanol–water partition coefficient (Wildman–Crippen LogP) is 3.27. The summed E-state index contributed by atoms with van der Waals surface area (Å²) in [4.78, 5) is 29.6. The van der Waals surface area contributed by atoms with Crippen LogP contribution in [0.2, 0.25) is 0 Å². The van der Waals surface area contributed by atoms with Crippen molar-refractivity contribution in [2.24, 2.45) is 0 Å². The summed E-state index contributed by atoms with van der Waals surface area (Å²) in [6.45, 7) is 3.47. The molecule has 0 bridgehead atoms. The van der Waals surface area contributed by atoms with Gasteiger partial charge in [-0.05, 0) is 49.2 Å². The summed E-state index contributed by atoms with van der Waals surface area (Å²) in [5.41, 5.74) is 1.74. The smallest absolute Gasteiger partial charge is 0.274 e. The van der Waals surface area contributed by atoms with Crippen LogP contribution in [0.15, 0.2) is 60.8 Å². The molecule has 3 rings (SSSR count). The van der Waals surface area contributed by atoms with Crippen LogP contribution in [0.4, 0.5) is 0 Å². The van der Waals surface area contributed by atoms with Crippen molar-refractivity contribution in [3.05, 3.63) is 77.6 Å². The lowest BCUT2D eigenvalue weighted by Crippen LogP contribution is -2.49. The van der Waals surface area contributed by atoms with Gasteiger partial charge in [0.05, 0.1) is 21.3 Å². The highest BCUT2D eigenvalue weighted by molar-refractivity contribution is 5.98. The third kappa shape index (κ3) is 6.04. The lowest BCUT2D eigenvalue weighted by Gasteiger charge is -2.27. The van der Waals surface area contributed by atoms with E-state index in [1.54, 1.807) is 21.1 Å². The number of hydrogen-bond acceptors (Lipinski definition) is 7. The minimum atomic E-state index is -0.889. The second-order valence-corrected chi connectivity index (χ2v) is 8.23. The number of benzene rings is 2. The number of ether oxygens (including phenoxy) is 3. The van der Waals surface area contributed by atoms with Crippen molar-refractivity contribution in [2.45, 2.75) is 31.8 Å². The van der Waals surface area contributed by atoms with Gasteiger partial charge in [-0.1, -0.05) is 24.3 Å². The molecular formula is C27H31N3O6. The summed E-state index contributed by atoms with van der Waals surface area (Å²) in [5, 5.41) is 15.8. The lowest BCUT2D eigenvalue weighted by atomic mass is 9.85. The zero-order valence-electron chi connectivity index (χ0n) is 20.9. The van der Waals surface area contributed by atoms with Gasteiger partial charge in [-0.3, -0.25) is 9.59 Å². The van der Waals surface area contributed by atoms with E-state index in [1.807, 2.05) is 55.5 Å². The number of aromatic hydroxyl groups is 1. The second kappa shape index (κ2) is 11.9. The van der Waals surface area contributed by atoms with Gasteiger partial charge >= 0.3 is 0 Å². The Morgan fingerprint density at radius 3 is 1.81 bits per heavy atom. The number of pyridine rings is 1. The highest BCUT2D eigenvalue weighted by atomic mass is 16.5. The van der Waals surface area contributed by atoms with E-state index in [-0.39, 0.29) is 29.3 Å². The van der Waals surface area contributed by atoms with Gasteiger partial charge in [0, 0.05) is 24.2 Å². The van der Waals surface area contributed by atoms with Crippen LogP contribution in [0.3, 0.4) is 0 Å². The molecule has 0 radical (unpaired) electrons. The van der Waals surface area contributed by atoms with E-state index < -0.39 is 17.7 Å². The number of carbonyl (C=O) groups is 2. The maximum absolute atomic E-state index is 13.0. The molecule has 3 N–H and O–H groups in total. The average Bonchev–Trinajstić information content (AvgIpc) is 2.89. The highest BCUT2D eigenvalue weighted by Crippen LogP contribution is 2.31. The Bertz CT molecular complexity index is 1130. The summed E-state index contributed by atoms with van der Waals surface area (Å²) in [6, 6.07) is 15.5. The van der Waals surface area contributed by atoms with E-state index in [4.69, 9.17) is 14.2 Å². The molecule has 0 unspecified atom stereocenters. The van der Waals surface area contributed by atoms with E-state index in [9.17, 15) is 14.7 Å². The molecule has 9 nitrogen and oxygen atoms in total. The van der Waals surface area contributed by atoms with Crippen LogP contribution < -0.4 is 24.8 Å². The molecule has 0 saturated carbocycles. The van der Waals surface area contributed by atoms with Gasteiger partial charge < -0.3 is 30.0 Å². The van der Waals surface area contributed by atoms with Crippen molar-refractivity contribution in [1.82, 2.24) is 15.6 Å². The monoisotopic (exact) mass is 493 g/mol. The van der Waals surface area contributed by atoms with Crippen LogP contribution in [0, 0.1) is 0 Å². The zero-order valence-corrected chi connectivity index (χ0v) is 20.9. The maximum atomic E-state index is 13.0. The fraction of sp³-hybridized carbons (Fsp3) is 0.296. The summed E-state index contributed by atoms with van der Waals surface area (Å²) < 4.78 is 15.6. The van der Waals surface area contributed by atoms with Gasteiger partial charge in [0.2, 0.25) is 5.91 Å². The molecule has 190 valence electrons. The number of methoxy groups -OCH3 is 3. The number of aromatic nitrogens is 1. The van der Waals surface area contributed by atoms with Crippen LogP contribution in [-0.2, 0) is 4.79 Å². The van der Waals surface area contributed by atoms with Gasteiger partial charge in [-0.15, -0.1) is 0 Å². The second-order valence-electron chi connectivity index (χ2n) is 8.23. The van der Waals surface area contributed by atoms with Crippen molar-refractivity contribution in [1.29, 1.82) is 0 Å². The normalized spacial score (nSPS) is 12.4. The molecule has 3 aromatic rings. The Labute approximate surface area is 210 Å². The van der Waals surface area contributed by atoms with Crippen molar-refractivity contribution in [3.8, 4) is 23.0 Å². The Balaban J connectivity index is 1.78. The minimum absolute atomic E-state index is 0.114. The zero-order chi connectivity index (χ0) is 26.2. The third-order valence-electron chi connectivity index (χ3n) is 5.88. The van der Waals surface area contributed by atoms with Crippen LogP contribution >= 0.6 is 0 Å². The van der Waals surface area contributed by atoms with Crippen LogP contribution in [0.1, 0.15) is 41.4 Å². The van der Waals surface area contributed by atoms with Crippen molar-refractivity contribution >= 4 is 11.8 Å². The lowest BCUT2D eigenvalue weighted by molar-refractivity contribution is -0.123. The molecule has 9 heteroatoms. The summed E-state index contributed by atoms with van der Waals surface area (Å²) >= 11 is 0. The number of amides is 2. The van der Waals surface area contributed by atoms with Crippen molar-refractivity contribution in [3.63, 3.8) is 0 Å². The Kier molecular flexibility index (Phi) is 8.72. The SMILES string of the molecule is COc1ccc(C(c2ccc(OC)cc2)[C@H](C)NC(=O)[C@H](C)NC(=O)c2nccc(OC)c2O)cc1. The van der Waals surface area contributed by atoms with Gasteiger partial charge in [0.25, 0.3) is 5.91 Å². The molecule has 1 heterocycles. The quantitative estimate of drug-likeness (QED) is 0.397. The Hall–Kier alpha value is -4.27. The minimum Gasteiger partial charge on any atom is -0.503 e. The molecule has 0 aliphatic carbocycles. The molecule has 2 aromatic carbocycles. The van der Waals surface area contributed by atoms with Gasteiger partial charge in [-0.25, -0.2) is 4.98 Å². The first-order valence-corrected chi connectivity index (χ1v) is 11.4. The first-order valence-electron chi connectivity index (χ1n) is 11.4. The predicted molar refractivity (Wildman–Crippen MR) is 135 cm³/mol. The Morgan fingerprint density at radius 2 is 1.33 bits per heavy atom. The first-order chi connectivity index (χ1) is 17.3. The topological polar surface area (TPSA) is 119 Å². The summed E-state index contributed by atoms with van der Waals surface area (Å²) in [5.74, 6) is -0.0730. The number of hydrogen-bond donors (Lipinski definition) is 3. The maximum Gasteiger partial charge on any atom is 0.274 e. The fourth-order valence-electron chi connectivity index (χ4n) is 3.92. The van der Waals surface area contributed by atoms with Gasteiger partial charge in [0.1, 0.15) is 17.5 Å². The van der Waals surface area contributed by atoms with Gasteiger partial charge in [0.15, 0.2) is 17.2 Å². The van der Waals surface area contributed by atoms with E-state index >= 15 is 0 Å². The number of rotatable bonds is 10. The molecular weight excluding hydrogens is 462 g/mol. The Morgan fingerprint density at radius 1 is 0.806 bits per heavy atom. The fourth-order valence-corrected chi connectivity index (χ4v) is 3.92. The molecule has 1 aromatic heterocycles. The average molecular weight is 494 g/mol. The highest BCUT2D eigenvalue weighted by Gasteiger charge is 2.27. The summed E-state index contributed by atoms with van der Waals surface area (Å²) in [7, 11) is 4.58. The third-order valence-corrected chi connectivity index (χ3v) is 5.88. The van der Waals surface area contributed by atoms with E-state index in [0.29, 0.717) is 0 Å². The standard InChI is InChI=1S/C27H31N3O6/c1-16(29-26(32)17(2)30-27(33)24-25(31)22(36-5)14-15-28-24)23(18-6-10-20(34-3)11-7-18)19-8-12-21(35-4)13-9-19/h6-17,23,31H,1-5H3,(H,29,32)(H,30,33)/t16-,17-/m0/s1. The molecule has 36 heavy (non-hydrogen) atoms. The molecule has 0 spiro atoms. The molecule has 0 aliphatic heterocycles. The van der Waals surface area contributed by atoms with E-state index in [0.717, 1.165) is 22.6 Å². The largest absolute Gasteiger partial charge is 0.503 e. The van der Waals surface area contributed by atoms with Crippen molar-refractivity contribution < 1.29 is 28.9 Å². The molecule has 2 atom stereocenters. The molecule has 0 saturated heterocycles. The van der Waals surface area contributed by atoms with Crippen molar-refractivity contribution in [2.75, 3.05) is 21.3 Å². The van der Waals surface area contributed by atoms with Crippen LogP contribution in [-0.4, -0.2) is 55.3 Å². The van der Waals surface area contributed by atoms with Crippen LogP contribution in [0.25, 0.3) is 0 Å². The molecule has 0 fully saturated rings. The first kappa shape index (κ1) is 26.3. The van der Waals surface area contributed by atoms with Gasteiger partial charge in [-0.2, -0.15) is 0 Å². The molecule has 2 amide bonds.